The Balaban J connectivity index is 1.32. The molecule has 0 bridgehead atoms. The maximum Gasteiger partial charge on any atom is 0.244 e. The monoisotopic (exact) mass is 427 g/mol. The number of fused-ring (bicyclic) bond motifs is 1. The predicted octanol–water partition coefficient (Wildman–Crippen LogP) is 2.36. The first-order valence-electron chi connectivity index (χ1n) is 10.3. The lowest BCUT2D eigenvalue weighted by Crippen LogP contribution is -2.40. The number of anilines is 1. The standard InChI is InChI=1S/C21H25N5O3S/c27-30(28,26-10-12-29-13-11-26)17-7-8-20(22-14-17)25-9-3-4-16(15-25)21-23-18-5-1-2-6-19(18)24-21/h1-2,5-8,14,16H,3-4,9-13,15H2,(H,23,24). The molecule has 1 aromatic carbocycles. The number of benzene rings is 1. The van der Waals surface area contributed by atoms with E-state index in [1.54, 1.807) is 6.07 Å². The van der Waals surface area contributed by atoms with Crippen molar-refractivity contribution in [1.29, 1.82) is 0 Å². The van der Waals surface area contributed by atoms with Crippen LogP contribution in [0.1, 0.15) is 24.6 Å². The van der Waals surface area contributed by atoms with Crippen molar-refractivity contribution in [2.24, 2.45) is 0 Å². The number of hydrogen-bond acceptors (Lipinski definition) is 6. The van der Waals surface area contributed by atoms with Gasteiger partial charge in [0.15, 0.2) is 0 Å². The van der Waals surface area contributed by atoms with Gasteiger partial charge < -0.3 is 14.6 Å². The van der Waals surface area contributed by atoms with Crippen LogP contribution < -0.4 is 4.90 Å². The van der Waals surface area contributed by atoms with Crippen molar-refractivity contribution >= 4 is 26.9 Å². The minimum absolute atomic E-state index is 0.235. The molecule has 1 atom stereocenters. The number of para-hydroxylation sites is 2. The second-order valence-corrected chi connectivity index (χ2v) is 9.73. The molecule has 2 aromatic heterocycles. The van der Waals surface area contributed by atoms with Gasteiger partial charge in [-0.2, -0.15) is 4.31 Å². The van der Waals surface area contributed by atoms with Crippen LogP contribution in [0.3, 0.4) is 0 Å². The molecule has 2 aliphatic rings. The summed E-state index contributed by atoms with van der Waals surface area (Å²) in [6.45, 7) is 3.34. The maximum absolute atomic E-state index is 12.8. The molecule has 0 spiro atoms. The van der Waals surface area contributed by atoms with Gasteiger partial charge in [0.25, 0.3) is 0 Å². The van der Waals surface area contributed by atoms with Crippen LogP contribution in [0.25, 0.3) is 11.0 Å². The molecule has 0 saturated carbocycles. The van der Waals surface area contributed by atoms with Crippen molar-refractivity contribution in [3.63, 3.8) is 0 Å². The summed E-state index contributed by atoms with van der Waals surface area (Å²) in [5.74, 6) is 2.11. The molecule has 0 aliphatic carbocycles. The second-order valence-electron chi connectivity index (χ2n) is 7.79. The summed E-state index contributed by atoms with van der Waals surface area (Å²) in [4.78, 5) is 15.2. The van der Waals surface area contributed by atoms with E-state index in [0.717, 1.165) is 48.6 Å². The minimum atomic E-state index is -3.52. The van der Waals surface area contributed by atoms with Crippen LogP contribution >= 0.6 is 0 Å². The van der Waals surface area contributed by atoms with Gasteiger partial charge in [0, 0.05) is 38.3 Å². The minimum Gasteiger partial charge on any atom is -0.379 e. The van der Waals surface area contributed by atoms with Gasteiger partial charge in [0.05, 0.1) is 24.2 Å². The van der Waals surface area contributed by atoms with Gasteiger partial charge in [0.1, 0.15) is 16.5 Å². The van der Waals surface area contributed by atoms with Gasteiger partial charge in [-0.1, -0.05) is 12.1 Å². The average Bonchev–Trinajstić information content (AvgIpc) is 3.24. The van der Waals surface area contributed by atoms with Gasteiger partial charge in [0.2, 0.25) is 10.0 Å². The van der Waals surface area contributed by atoms with E-state index in [1.807, 2.05) is 30.3 Å². The van der Waals surface area contributed by atoms with Crippen LogP contribution in [0.4, 0.5) is 5.82 Å². The molecular weight excluding hydrogens is 402 g/mol. The fourth-order valence-electron chi connectivity index (χ4n) is 4.22. The van der Waals surface area contributed by atoms with E-state index in [4.69, 9.17) is 9.72 Å². The number of aromatic nitrogens is 3. The predicted molar refractivity (Wildman–Crippen MR) is 114 cm³/mol. The first kappa shape index (κ1) is 19.5. The second kappa shape index (κ2) is 7.98. The summed E-state index contributed by atoms with van der Waals surface area (Å²) in [6.07, 6.45) is 3.59. The van der Waals surface area contributed by atoms with Gasteiger partial charge >= 0.3 is 0 Å². The zero-order chi connectivity index (χ0) is 20.6. The first-order valence-corrected chi connectivity index (χ1v) is 11.8. The number of nitrogens with zero attached hydrogens (tertiary/aromatic N) is 4. The number of rotatable bonds is 4. The number of piperidine rings is 1. The van der Waals surface area contributed by atoms with Gasteiger partial charge in [-0.25, -0.2) is 18.4 Å². The molecule has 2 aliphatic heterocycles. The van der Waals surface area contributed by atoms with E-state index in [0.29, 0.717) is 32.2 Å². The number of ether oxygens (including phenoxy) is 1. The van der Waals surface area contributed by atoms with Crippen molar-refractivity contribution in [2.75, 3.05) is 44.3 Å². The summed E-state index contributed by atoms with van der Waals surface area (Å²) in [5.41, 5.74) is 2.04. The molecule has 1 unspecified atom stereocenters. The molecule has 0 amide bonds. The Morgan fingerprint density at radius 3 is 2.67 bits per heavy atom. The van der Waals surface area contributed by atoms with Crippen LogP contribution in [-0.4, -0.2) is 67.1 Å². The first-order chi connectivity index (χ1) is 14.6. The highest BCUT2D eigenvalue weighted by Gasteiger charge is 2.28. The summed E-state index contributed by atoms with van der Waals surface area (Å²) >= 11 is 0. The Bertz CT molecular complexity index is 1090. The quantitative estimate of drug-likeness (QED) is 0.687. The summed E-state index contributed by atoms with van der Waals surface area (Å²) in [5, 5.41) is 0. The Labute approximate surface area is 175 Å². The number of hydrogen-bond donors (Lipinski definition) is 1. The smallest absolute Gasteiger partial charge is 0.244 e. The molecule has 9 heteroatoms. The van der Waals surface area contributed by atoms with Crippen LogP contribution in [0, 0.1) is 0 Å². The van der Waals surface area contributed by atoms with E-state index in [2.05, 4.69) is 14.9 Å². The lowest BCUT2D eigenvalue weighted by Gasteiger charge is -2.33. The number of pyridine rings is 1. The number of aromatic amines is 1. The van der Waals surface area contributed by atoms with Crippen molar-refractivity contribution in [2.45, 2.75) is 23.7 Å². The maximum atomic E-state index is 12.8. The Morgan fingerprint density at radius 1 is 1.07 bits per heavy atom. The topological polar surface area (TPSA) is 91.4 Å². The van der Waals surface area contributed by atoms with Gasteiger partial charge in [-0.05, 0) is 37.1 Å². The number of morpholine rings is 1. The summed E-state index contributed by atoms with van der Waals surface area (Å²) < 4.78 is 32.3. The molecule has 30 heavy (non-hydrogen) atoms. The normalized spacial score (nSPS) is 21.2. The van der Waals surface area contributed by atoms with Crippen molar-refractivity contribution < 1.29 is 13.2 Å². The van der Waals surface area contributed by atoms with E-state index < -0.39 is 10.0 Å². The fourth-order valence-corrected chi connectivity index (χ4v) is 5.58. The Kier molecular flexibility index (Phi) is 5.18. The van der Waals surface area contributed by atoms with Gasteiger partial charge in [-0.15, -0.1) is 0 Å². The molecule has 1 N–H and O–H groups in total. The average molecular weight is 428 g/mol. The van der Waals surface area contributed by atoms with Crippen LogP contribution in [0.5, 0.6) is 0 Å². The van der Waals surface area contributed by atoms with E-state index >= 15 is 0 Å². The molecule has 4 heterocycles. The van der Waals surface area contributed by atoms with Crippen molar-refractivity contribution in [3.8, 4) is 0 Å². The van der Waals surface area contributed by atoms with Gasteiger partial charge in [-0.3, -0.25) is 0 Å². The number of H-pyrrole nitrogens is 1. The SMILES string of the molecule is O=S(=O)(c1ccc(N2CCCC(c3nc4ccccc4[nH]3)C2)nc1)N1CCOCC1. The van der Waals surface area contributed by atoms with Crippen LogP contribution in [0.15, 0.2) is 47.5 Å². The number of sulfonamides is 1. The van der Waals surface area contributed by atoms with E-state index in [1.165, 1.54) is 10.5 Å². The highest BCUT2D eigenvalue weighted by molar-refractivity contribution is 7.89. The molecule has 2 saturated heterocycles. The van der Waals surface area contributed by atoms with Crippen LogP contribution in [-0.2, 0) is 14.8 Å². The Hall–Kier alpha value is -2.49. The molecule has 0 radical (unpaired) electrons. The molecule has 3 aromatic rings. The number of imidazole rings is 1. The van der Waals surface area contributed by atoms with Crippen LogP contribution in [0.2, 0.25) is 0 Å². The lowest BCUT2D eigenvalue weighted by atomic mass is 9.97. The van der Waals surface area contributed by atoms with E-state index in [9.17, 15) is 8.42 Å². The summed E-state index contributed by atoms with van der Waals surface area (Å²) in [7, 11) is -3.52. The highest BCUT2D eigenvalue weighted by Crippen LogP contribution is 2.29. The summed E-state index contributed by atoms with van der Waals surface area (Å²) in [6, 6.07) is 11.5. The molecule has 2 fully saturated rings. The molecular formula is C21H25N5O3S. The third-order valence-electron chi connectivity index (χ3n) is 5.87. The molecule has 158 valence electrons. The zero-order valence-corrected chi connectivity index (χ0v) is 17.5. The van der Waals surface area contributed by atoms with Crippen molar-refractivity contribution in [3.05, 3.63) is 48.4 Å². The van der Waals surface area contributed by atoms with E-state index in [-0.39, 0.29) is 4.90 Å². The number of nitrogens with one attached hydrogen (secondary N) is 1. The van der Waals surface area contributed by atoms with Crippen molar-refractivity contribution in [1.82, 2.24) is 19.3 Å². The fraction of sp³-hybridized carbons (Fsp3) is 0.429. The zero-order valence-electron chi connectivity index (χ0n) is 16.7. The molecule has 8 nitrogen and oxygen atoms in total. The third-order valence-corrected chi connectivity index (χ3v) is 7.75. The Morgan fingerprint density at radius 2 is 1.90 bits per heavy atom. The third kappa shape index (κ3) is 3.68. The highest BCUT2D eigenvalue weighted by atomic mass is 32.2. The lowest BCUT2D eigenvalue weighted by molar-refractivity contribution is 0.0730. The molecule has 5 rings (SSSR count). The largest absolute Gasteiger partial charge is 0.379 e.